The summed E-state index contributed by atoms with van der Waals surface area (Å²) in [5.74, 6) is -1.29. The molecule has 15 heteroatoms. The van der Waals surface area contributed by atoms with Crippen LogP contribution in [0.3, 0.4) is 0 Å². The van der Waals surface area contributed by atoms with Crippen molar-refractivity contribution < 1.29 is 71.5 Å². The Kier molecular flexibility index (Phi) is 33.4. The van der Waals surface area contributed by atoms with E-state index < -0.39 is 11.9 Å². The number of carboxylic acids is 1. The molecule has 0 aromatic carbocycles. The number of rotatable bonds is 35. The van der Waals surface area contributed by atoms with Gasteiger partial charge in [0.1, 0.15) is 6.61 Å². The van der Waals surface area contributed by atoms with Crippen molar-refractivity contribution in [3.63, 3.8) is 0 Å². The van der Waals surface area contributed by atoms with E-state index in [0.717, 1.165) is 0 Å². The molecule has 0 fully saturated rings. The first-order valence-corrected chi connectivity index (χ1v) is 13.8. The van der Waals surface area contributed by atoms with Crippen LogP contribution in [0.2, 0.25) is 0 Å². The van der Waals surface area contributed by atoms with Crippen LogP contribution in [0, 0.1) is 0 Å². The Balaban J connectivity index is 3.05. The Hall–Kier alpha value is -1.50. The third-order valence-electron chi connectivity index (χ3n) is 4.63. The first-order chi connectivity index (χ1) is 20.2. The molecule has 15 nitrogen and oxygen atoms in total. The molecule has 0 atom stereocenters. The highest BCUT2D eigenvalue weighted by atomic mass is 16.6. The zero-order chi connectivity index (χ0) is 29.9. The zero-order valence-electron chi connectivity index (χ0n) is 24.4. The van der Waals surface area contributed by atoms with Gasteiger partial charge in [0, 0.05) is 0 Å². The first kappa shape index (κ1) is 39.5. The molecule has 0 aliphatic rings. The molecule has 0 saturated carbocycles. The van der Waals surface area contributed by atoms with Gasteiger partial charge < -0.3 is 61.9 Å². The number of aliphatic carboxylic acids is 1. The lowest BCUT2D eigenvalue weighted by Crippen LogP contribution is -2.16. The molecule has 0 spiro atoms. The van der Waals surface area contributed by atoms with E-state index in [1.165, 1.54) is 7.11 Å². The summed E-state index contributed by atoms with van der Waals surface area (Å²) in [5, 5.41) is 8.47. The largest absolute Gasteiger partial charge is 0.481 e. The van der Waals surface area contributed by atoms with Crippen molar-refractivity contribution in [2.75, 3.05) is 152 Å². The smallest absolute Gasteiger partial charge is 0.331 e. The topological polar surface area (TPSA) is 165 Å². The van der Waals surface area contributed by atoms with Crippen molar-refractivity contribution in [2.45, 2.75) is 6.42 Å². The molecule has 41 heavy (non-hydrogen) atoms. The molecule has 0 unspecified atom stereocenters. The number of hydrogen-bond donors (Lipinski definition) is 1. The molecule has 244 valence electrons. The number of esters is 1. The lowest BCUT2D eigenvalue weighted by atomic mass is 10.5. The van der Waals surface area contributed by atoms with Gasteiger partial charge in [0.25, 0.3) is 0 Å². The van der Waals surface area contributed by atoms with Gasteiger partial charge in [0.2, 0.25) is 0 Å². The summed E-state index contributed by atoms with van der Waals surface area (Å²) in [6, 6.07) is 0. The van der Waals surface area contributed by atoms with E-state index in [2.05, 4.69) is 4.74 Å². The van der Waals surface area contributed by atoms with Crippen LogP contribution in [-0.2, 0) is 66.4 Å². The number of methoxy groups -OCH3 is 1. The van der Waals surface area contributed by atoms with E-state index in [1.54, 1.807) is 0 Å². The lowest BCUT2D eigenvalue weighted by molar-refractivity contribution is -0.146. The molecule has 0 aromatic heterocycles. The van der Waals surface area contributed by atoms with Crippen LogP contribution < -0.4 is 0 Å². The minimum absolute atomic E-state index is 0.00530. The molecular weight excluding hydrogens is 552 g/mol. The van der Waals surface area contributed by atoms with E-state index in [9.17, 15) is 9.59 Å². The zero-order valence-corrected chi connectivity index (χ0v) is 24.4. The Morgan fingerprint density at radius 3 is 0.829 bits per heavy atom. The summed E-state index contributed by atoms with van der Waals surface area (Å²) in [6.45, 7) is 9.10. The van der Waals surface area contributed by atoms with Gasteiger partial charge in [-0.05, 0) is 0 Å². The van der Waals surface area contributed by atoms with Gasteiger partial charge in [-0.25, -0.2) is 4.79 Å². The number of hydrogen-bond acceptors (Lipinski definition) is 14. The predicted molar refractivity (Wildman–Crippen MR) is 143 cm³/mol. The van der Waals surface area contributed by atoms with Gasteiger partial charge in [0.15, 0.2) is 0 Å². The van der Waals surface area contributed by atoms with Gasteiger partial charge in [-0.2, -0.15) is 0 Å². The second-order valence-electron chi connectivity index (χ2n) is 7.90. The Labute approximate surface area is 242 Å². The van der Waals surface area contributed by atoms with Gasteiger partial charge in [0.05, 0.1) is 152 Å². The van der Waals surface area contributed by atoms with Crippen LogP contribution in [0.25, 0.3) is 0 Å². The highest BCUT2D eigenvalue weighted by molar-refractivity contribution is 5.70. The molecule has 0 aromatic rings. The minimum Gasteiger partial charge on any atom is -0.481 e. The molecule has 0 saturated heterocycles. The van der Waals surface area contributed by atoms with E-state index in [-0.39, 0.29) is 19.6 Å². The van der Waals surface area contributed by atoms with Crippen LogP contribution >= 0.6 is 0 Å². The maximum atomic E-state index is 10.8. The summed E-state index contributed by atoms with van der Waals surface area (Å²) >= 11 is 0. The van der Waals surface area contributed by atoms with Crippen LogP contribution in [0.15, 0.2) is 0 Å². The molecule has 0 heterocycles. The number of ether oxygens (including phenoxy) is 12. The van der Waals surface area contributed by atoms with Crippen LogP contribution in [-0.4, -0.2) is 170 Å². The van der Waals surface area contributed by atoms with Gasteiger partial charge >= 0.3 is 11.9 Å². The molecule has 0 rings (SSSR count). The molecule has 0 amide bonds. The van der Waals surface area contributed by atoms with Crippen LogP contribution in [0.1, 0.15) is 6.42 Å². The predicted octanol–water partition coefficient (Wildman–Crippen LogP) is -0.183. The third-order valence-corrected chi connectivity index (χ3v) is 4.63. The molecule has 0 bridgehead atoms. The van der Waals surface area contributed by atoms with E-state index in [1.807, 2.05) is 0 Å². The van der Waals surface area contributed by atoms with Crippen molar-refractivity contribution in [3.05, 3.63) is 0 Å². The Bertz CT molecular complexity index is 553. The maximum Gasteiger partial charge on any atom is 0.331 e. The first-order valence-electron chi connectivity index (χ1n) is 13.8. The Morgan fingerprint density at radius 2 is 0.610 bits per heavy atom. The third kappa shape index (κ3) is 36.5. The highest BCUT2D eigenvalue weighted by Gasteiger charge is 1.99. The monoisotopic (exact) mass is 602 g/mol. The molecule has 1 N–H and O–H groups in total. The van der Waals surface area contributed by atoms with Crippen molar-refractivity contribution >= 4 is 11.9 Å². The van der Waals surface area contributed by atoms with Crippen molar-refractivity contribution in [3.8, 4) is 0 Å². The minimum atomic E-state index is -0.877. The van der Waals surface area contributed by atoms with Crippen LogP contribution in [0.4, 0.5) is 0 Å². The van der Waals surface area contributed by atoms with E-state index in [4.69, 9.17) is 57.2 Å². The van der Waals surface area contributed by atoms with Gasteiger partial charge in [-0.1, -0.05) is 0 Å². The fourth-order valence-corrected chi connectivity index (χ4v) is 2.57. The standard InChI is InChI=1S/C26H50O15/c1-30-26(29)24-41-23-22-40-21-20-39-19-18-38-17-16-37-15-14-36-13-12-35-11-10-34-9-8-33-7-6-32-5-4-31-3-2-25(27)28/h2-24H2,1H3,(H,27,28). The molecule has 0 aliphatic heterocycles. The fraction of sp³-hybridized carbons (Fsp3) is 0.923. The SMILES string of the molecule is COC(=O)COCCOCCOCCOCCOCCOCCOCCOCCOCCOCCOCCC(=O)O. The number of carbonyl (C=O) groups excluding carboxylic acids is 1. The molecular formula is C26H50O15. The maximum absolute atomic E-state index is 10.8. The van der Waals surface area contributed by atoms with Crippen LogP contribution in [0.5, 0.6) is 0 Å². The summed E-state index contributed by atoms with van der Waals surface area (Å²) in [7, 11) is 1.31. The second kappa shape index (κ2) is 34.7. The lowest BCUT2D eigenvalue weighted by Gasteiger charge is -2.09. The Morgan fingerprint density at radius 1 is 0.390 bits per heavy atom. The van der Waals surface area contributed by atoms with Gasteiger partial charge in [-0.3, -0.25) is 4.79 Å². The number of carbonyl (C=O) groups is 2. The quantitative estimate of drug-likeness (QED) is 0.0749. The van der Waals surface area contributed by atoms with E-state index >= 15 is 0 Å². The number of carboxylic acid groups (broad SMARTS) is 1. The van der Waals surface area contributed by atoms with Crippen molar-refractivity contribution in [2.24, 2.45) is 0 Å². The highest BCUT2D eigenvalue weighted by Crippen LogP contribution is 1.88. The second-order valence-corrected chi connectivity index (χ2v) is 7.90. The molecule has 0 aliphatic carbocycles. The normalized spacial score (nSPS) is 11.2. The van der Waals surface area contributed by atoms with Crippen molar-refractivity contribution in [1.29, 1.82) is 0 Å². The fourth-order valence-electron chi connectivity index (χ4n) is 2.57. The summed E-state index contributed by atoms with van der Waals surface area (Å²) < 4.78 is 63.1. The average Bonchev–Trinajstić information content (AvgIpc) is 2.97. The summed E-state index contributed by atoms with van der Waals surface area (Å²) in [6.07, 6.45) is -0.00530. The van der Waals surface area contributed by atoms with E-state index in [0.29, 0.717) is 132 Å². The summed E-state index contributed by atoms with van der Waals surface area (Å²) in [5.41, 5.74) is 0. The average molecular weight is 603 g/mol. The van der Waals surface area contributed by atoms with Crippen molar-refractivity contribution in [1.82, 2.24) is 0 Å². The summed E-state index contributed by atoms with van der Waals surface area (Å²) in [4.78, 5) is 21.1. The van der Waals surface area contributed by atoms with Gasteiger partial charge in [-0.15, -0.1) is 0 Å². The molecule has 0 radical (unpaired) electrons.